The van der Waals surface area contributed by atoms with Crippen molar-refractivity contribution in [1.29, 1.82) is 0 Å². The van der Waals surface area contributed by atoms with Gasteiger partial charge in [-0.05, 0) is 43.9 Å². The maximum atomic E-state index is 12.4. The summed E-state index contributed by atoms with van der Waals surface area (Å²) in [4.78, 5) is 16.8. The molecule has 2 aromatic carbocycles. The van der Waals surface area contributed by atoms with E-state index in [0.29, 0.717) is 12.4 Å². The van der Waals surface area contributed by atoms with Gasteiger partial charge in [0.05, 0.1) is 11.0 Å². The van der Waals surface area contributed by atoms with Crippen LogP contribution < -0.4 is 5.32 Å². The lowest BCUT2D eigenvalue weighted by atomic mass is 10.1. The highest BCUT2D eigenvalue weighted by atomic mass is 16.2. The van der Waals surface area contributed by atoms with Crippen molar-refractivity contribution in [3.63, 3.8) is 0 Å². The minimum atomic E-state index is -0.101. The van der Waals surface area contributed by atoms with Crippen LogP contribution in [0.15, 0.2) is 54.6 Å². The third kappa shape index (κ3) is 3.59. The minimum absolute atomic E-state index is 0.101. The normalized spacial score (nSPS) is 10.8. The number of nitrogens with one attached hydrogen (secondary N) is 1. The molecule has 118 valence electrons. The van der Waals surface area contributed by atoms with E-state index in [9.17, 15) is 4.79 Å². The van der Waals surface area contributed by atoms with Crippen molar-refractivity contribution >= 4 is 17.1 Å². The summed E-state index contributed by atoms with van der Waals surface area (Å²) in [5.74, 6) is 0.716. The van der Waals surface area contributed by atoms with E-state index in [1.807, 2.05) is 37.3 Å². The van der Waals surface area contributed by atoms with Gasteiger partial charge in [-0.25, -0.2) is 14.3 Å². The number of unbranched alkanes of at least 4 members (excludes halogenated alkanes) is 1. The SMILES string of the molecule is Cc1nc2ccccc2n1C(=O)NCCCCc1ccccc1. The summed E-state index contributed by atoms with van der Waals surface area (Å²) in [7, 11) is 0. The fourth-order valence-electron chi connectivity index (χ4n) is 2.78. The number of hydrogen-bond donors (Lipinski definition) is 1. The third-order valence-electron chi connectivity index (χ3n) is 3.94. The number of fused-ring (bicyclic) bond motifs is 1. The fourth-order valence-corrected chi connectivity index (χ4v) is 2.78. The first-order valence-corrected chi connectivity index (χ1v) is 8.02. The lowest BCUT2D eigenvalue weighted by molar-refractivity contribution is 0.242. The molecule has 0 aliphatic rings. The second kappa shape index (κ2) is 7.09. The molecule has 0 unspecified atom stereocenters. The highest BCUT2D eigenvalue weighted by Crippen LogP contribution is 2.14. The average molecular weight is 307 g/mol. The van der Waals surface area contributed by atoms with Crippen LogP contribution in [-0.4, -0.2) is 22.1 Å². The molecule has 1 aromatic heterocycles. The molecule has 4 heteroatoms. The second-order valence-electron chi connectivity index (χ2n) is 5.66. The maximum Gasteiger partial charge on any atom is 0.327 e. The Balaban J connectivity index is 1.52. The van der Waals surface area contributed by atoms with Crippen LogP contribution >= 0.6 is 0 Å². The standard InChI is InChI=1S/C19H21N3O/c1-15-21-17-12-5-6-13-18(17)22(15)19(23)20-14-8-7-11-16-9-3-2-4-10-16/h2-6,9-10,12-13H,7-8,11,14H2,1H3,(H,20,23). The Hall–Kier alpha value is -2.62. The summed E-state index contributed by atoms with van der Waals surface area (Å²) in [6, 6.07) is 18.0. The van der Waals surface area contributed by atoms with E-state index >= 15 is 0 Å². The lowest BCUT2D eigenvalue weighted by Crippen LogP contribution is -2.30. The Bertz CT molecular complexity index is 793. The van der Waals surface area contributed by atoms with E-state index in [0.717, 1.165) is 30.3 Å². The zero-order valence-corrected chi connectivity index (χ0v) is 13.3. The Morgan fingerprint density at radius 3 is 2.61 bits per heavy atom. The molecular formula is C19H21N3O. The highest BCUT2D eigenvalue weighted by molar-refractivity contribution is 5.89. The number of aromatic nitrogens is 2. The summed E-state index contributed by atoms with van der Waals surface area (Å²) in [6.45, 7) is 2.53. The topological polar surface area (TPSA) is 46.9 Å². The number of aryl methyl sites for hydroxylation is 2. The average Bonchev–Trinajstić information content (AvgIpc) is 2.91. The summed E-state index contributed by atoms with van der Waals surface area (Å²) < 4.78 is 1.65. The van der Waals surface area contributed by atoms with Gasteiger partial charge in [0, 0.05) is 6.54 Å². The molecule has 1 heterocycles. The van der Waals surface area contributed by atoms with Crippen molar-refractivity contribution in [3.05, 3.63) is 66.0 Å². The van der Waals surface area contributed by atoms with Gasteiger partial charge in [-0.15, -0.1) is 0 Å². The molecule has 0 radical (unpaired) electrons. The minimum Gasteiger partial charge on any atom is -0.337 e. The van der Waals surface area contributed by atoms with Crippen LogP contribution in [-0.2, 0) is 6.42 Å². The van der Waals surface area contributed by atoms with E-state index in [2.05, 4.69) is 34.6 Å². The van der Waals surface area contributed by atoms with E-state index in [1.165, 1.54) is 5.56 Å². The van der Waals surface area contributed by atoms with E-state index in [-0.39, 0.29) is 6.03 Å². The van der Waals surface area contributed by atoms with Gasteiger partial charge in [-0.3, -0.25) is 0 Å². The second-order valence-corrected chi connectivity index (χ2v) is 5.66. The van der Waals surface area contributed by atoms with Crippen LogP contribution in [0.4, 0.5) is 4.79 Å². The molecule has 0 fully saturated rings. The molecular weight excluding hydrogens is 286 g/mol. The number of carbonyl (C=O) groups excluding carboxylic acids is 1. The number of hydrogen-bond acceptors (Lipinski definition) is 2. The number of nitrogens with zero attached hydrogens (tertiary/aromatic N) is 2. The van der Waals surface area contributed by atoms with Crippen molar-refractivity contribution in [3.8, 4) is 0 Å². The van der Waals surface area contributed by atoms with Crippen molar-refractivity contribution in [1.82, 2.24) is 14.9 Å². The molecule has 0 atom stereocenters. The van der Waals surface area contributed by atoms with Crippen molar-refractivity contribution < 1.29 is 4.79 Å². The summed E-state index contributed by atoms with van der Waals surface area (Å²) in [5, 5.41) is 2.99. The predicted octanol–water partition coefficient (Wildman–Crippen LogP) is 3.93. The quantitative estimate of drug-likeness (QED) is 0.726. The summed E-state index contributed by atoms with van der Waals surface area (Å²) >= 11 is 0. The molecule has 0 saturated carbocycles. The van der Waals surface area contributed by atoms with Crippen molar-refractivity contribution in [2.75, 3.05) is 6.54 Å². The van der Waals surface area contributed by atoms with Crippen molar-refractivity contribution in [2.24, 2.45) is 0 Å². The number of para-hydroxylation sites is 2. The molecule has 3 aromatic rings. The largest absolute Gasteiger partial charge is 0.337 e. The number of amides is 1. The molecule has 0 saturated heterocycles. The van der Waals surface area contributed by atoms with Gasteiger partial charge in [-0.2, -0.15) is 0 Å². The van der Waals surface area contributed by atoms with Gasteiger partial charge in [0.2, 0.25) is 0 Å². The van der Waals surface area contributed by atoms with Gasteiger partial charge in [0.1, 0.15) is 5.82 Å². The monoisotopic (exact) mass is 307 g/mol. The van der Waals surface area contributed by atoms with Crippen LogP contribution in [0.5, 0.6) is 0 Å². The van der Waals surface area contributed by atoms with Gasteiger partial charge >= 0.3 is 6.03 Å². The number of imidazole rings is 1. The molecule has 0 aliphatic carbocycles. The van der Waals surface area contributed by atoms with Crippen LogP contribution in [0, 0.1) is 6.92 Å². The summed E-state index contributed by atoms with van der Waals surface area (Å²) in [6.07, 6.45) is 3.07. The van der Waals surface area contributed by atoms with Gasteiger partial charge in [-0.1, -0.05) is 42.5 Å². The van der Waals surface area contributed by atoms with Crippen LogP contribution in [0.1, 0.15) is 24.2 Å². The van der Waals surface area contributed by atoms with Gasteiger partial charge in [0.15, 0.2) is 0 Å². The Kier molecular flexibility index (Phi) is 4.71. The first-order chi connectivity index (χ1) is 11.3. The summed E-state index contributed by atoms with van der Waals surface area (Å²) in [5.41, 5.74) is 3.05. The Labute approximate surface area is 136 Å². The van der Waals surface area contributed by atoms with E-state index < -0.39 is 0 Å². The van der Waals surface area contributed by atoms with Crippen LogP contribution in [0.25, 0.3) is 11.0 Å². The van der Waals surface area contributed by atoms with Crippen molar-refractivity contribution in [2.45, 2.75) is 26.2 Å². The predicted molar refractivity (Wildman–Crippen MR) is 92.6 cm³/mol. The zero-order valence-electron chi connectivity index (χ0n) is 13.3. The molecule has 1 amide bonds. The molecule has 4 nitrogen and oxygen atoms in total. The first kappa shape index (κ1) is 15.3. The number of rotatable bonds is 5. The first-order valence-electron chi connectivity index (χ1n) is 8.02. The number of carbonyl (C=O) groups is 1. The van der Waals surface area contributed by atoms with Gasteiger partial charge in [0.25, 0.3) is 0 Å². The fraction of sp³-hybridized carbons (Fsp3) is 0.263. The van der Waals surface area contributed by atoms with Crippen LogP contribution in [0.2, 0.25) is 0 Å². The maximum absolute atomic E-state index is 12.4. The number of benzene rings is 2. The van der Waals surface area contributed by atoms with Crippen LogP contribution in [0.3, 0.4) is 0 Å². The molecule has 3 rings (SSSR count). The zero-order chi connectivity index (χ0) is 16.1. The Morgan fingerprint density at radius 2 is 1.78 bits per heavy atom. The third-order valence-corrected chi connectivity index (χ3v) is 3.94. The Morgan fingerprint density at radius 1 is 1.04 bits per heavy atom. The lowest BCUT2D eigenvalue weighted by Gasteiger charge is -2.08. The van der Waals surface area contributed by atoms with E-state index in [4.69, 9.17) is 0 Å². The molecule has 0 bridgehead atoms. The van der Waals surface area contributed by atoms with E-state index in [1.54, 1.807) is 4.57 Å². The molecule has 0 aliphatic heterocycles. The van der Waals surface area contributed by atoms with Gasteiger partial charge < -0.3 is 5.32 Å². The molecule has 1 N–H and O–H groups in total. The highest BCUT2D eigenvalue weighted by Gasteiger charge is 2.12. The molecule has 23 heavy (non-hydrogen) atoms. The molecule has 0 spiro atoms. The smallest absolute Gasteiger partial charge is 0.327 e.